The van der Waals surface area contributed by atoms with Gasteiger partial charge in [-0.1, -0.05) is 6.07 Å². The van der Waals surface area contributed by atoms with Gasteiger partial charge in [0.15, 0.2) is 0 Å². The van der Waals surface area contributed by atoms with Gasteiger partial charge in [-0.2, -0.15) is 5.26 Å². The zero-order valence-electron chi connectivity index (χ0n) is 11.6. The number of carbonyl (C=O) groups is 2. The number of nitrogens with zero attached hydrogens (tertiary/aromatic N) is 3. The lowest BCUT2D eigenvalue weighted by atomic mass is 10.2. The molecule has 0 aliphatic carbocycles. The van der Waals surface area contributed by atoms with Crippen molar-refractivity contribution in [1.82, 2.24) is 9.80 Å². The SMILES string of the molecule is N#CCC(=O)N1CCCN(C(=O)c2cccc(F)c2)CC1. The number of rotatable bonds is 2. The van der Waals surface area contributed by atoms with Crippen molar-refractivity contribution in [2.45, 2.75) is 12.8 Å². The van der Waals surface area contributed by atoms with Gasteiger partial charge in [0.1, 0.15) is 12.2 Å². The summed E-state index contributed by atoms with van der Waals surface area (Å²) in [5.41, 5.74) is 0.312. The van der Waals surface area contributed by atoms with Crippen molar-refractivity contribution in [2.24, 2.45) is 0 Å². The molecule has 110 valence electrons. The first-order valence-electron chi connectivity index (χ1n) is 6.81. The molecule has 5 nitrogen and oxygen atoms in total. The van der Waals surface area contributed by atoms with Crippen LogP contribution in [-0.2, 0) is 4.79 Å². The summed E-state index contributed by atoms with van der Waals surface area (Å²) in [6, 6.07) is 7.43. The van der Waals surface area contributed by atoms with E-state index in [9.17, 15) is 14.0 Å². The second-order valence-corrected chi connectivity index (χ2v) is 4.87. The van der Waals surface area contributed by atoms with Crippen LogP contribution in [0.1, 0.15) is 23.2 Å². The Morgan fingerprint density at radius 3 is 2.62 bits per heavy atom. The molecule has 2 rings (SSSR count). The van der Waals surface area contributed by atoms with Crippen LogP contribution in [0.15, 0.2) is 24.3 Å². The molecule has 1 aliphatic rings. The maximum Gasteiger partial charge on any atom is 0.254 e. The zero-order valence-corrected chi connectivity index (χ0v) is 11.6. The van der Waals surface area contributed by atoms with Crippen molar-refractivity contribution < 1.29 is 14.0 Å². The summed E-state index contributed by atoms with van der Waals surface area (Å²) in [5.74, 6) is -0.886. The lowest BCUT2D eigenvalue weighted by Gasteiger charge is -2.21. The third kappa shape index (κ3) is 3.78. The first kappa shape index (κ1) is 15.0. The zero-order chi connectivity index (χ0) is 15.2. The second kappa shape index (κ2) is 6.84. The maximum absolute atomic E-state index is 13.2. The molecule has 0 unspecified atom stereocenters. The van der Waals surface area contributed by atoms with Crippen LogP contribution in [0.5, 0.6) is 0 Å². The van der Waals surface area contributed by atoms with E-state index in [1.54, 1.807) is 15.9 Å². The number of carbonyl (C=O) groups excluding carboxylic acids is 2. The molecule has 0 saturated carbocycles. The minimum absolute atomic E-state index is 0.141. The summed E-state index contributed by atoms with van der Waals surface area (Å²) in [6.45, 7) is 1.85. The number of halogens is 1. The summed E-state index contributed by atoms with van der Waals surface area (Å²) in [6.07, 6.45) is 0.510. The average molecular weight is 289 g/mol. The highest BCUT2D eigenvalue weighted by Gasteiger charge is 2.22. The van der Waals surface area contributed by atoms with Gasteiger partial charge in [-0.25, -0.2) is 4.39 Å². The second-order valence-electron chi connectivity index (χ2n) is 4.87. The third-order valence-electron chi connectivity index (χ3n) is 3.44. The molecule has 0 radical (unpaired) electrons. The van der Waals surface area contributed by atoms with Crippen molar-refractivity contribution >= 4 is 11.8 Å². The van der Waals surface area contributed by atoms with E-state index in [4.69, 9.17) is 5.26 Å². The number of hydrogen-bond donors (Lipinski definition) is 0. The van der Waals surface area contributed by atoms with Crippen molar-refractivity contribution in [3.8, 4) is 6.07 Å². The molecule has 0 atom stereocenters. The van der Waals surface area contributed by atoms with E-state index >= 15 is 0 Å². The molecule has 21 heavy (non-hydrogen) atoms. The molecule has 0 spiro atoms. The Labute approximate surface area is 122 Å². The molecular weight excluding hydrogens is 273 g/mol. The highest BCUT2D eigenvalue weighted by molar-refractivity contribution is 5.94. The van der Waals surface area contributed by atoms with E-state index < -0.39 is 5.82 Å². The highest BCUT2D eigenvalue weighted by Crippen LogP contribution is 2.11. The molecule has 2 amide bonds. The summed E-state index contributed by atoms with van der Waals surface area (Å²) < 4.78 is 13.2. The molecule has 1 saturated heterocycles. The van der Waals surface area contributed by atoms with Gasteiger partial charge < -0.3 is 9.80 Å². The molecular formula is C15H16FN3O2. The first-order chi connectivity index (χ1) is 10.1. The van der Waals surface area contributed by atoms with Crippen LogP contribution in [0.3, 0.4) is 0 Å². The Hall–Kier alpha value is -2.42. The minimum atomic E-state index is -0.443. The fourth-order valence-electron chi connectivity index (χ4n) is 2.35. The van der Waals surface area contributed by atoms with Crippen molar-refractivity contribution in [3.63, 3.8) is 0 Å². The Kier molecular flexibility index (Phi) is 4.88. The molecule has 1 fully saturated rings. The Morgan fingerprint density at radius 1 is 1.19 bits per heavy atom. The molecule has 1 aliphatic heterocycles. The number of amides is 2. The van der Waals surface area contributed by atoms with Crippen LogP contribution in [0.2, 0.25) is 0 Å². The van der Waals surface area contributed by atoms with Crippen LogP contribution >= 0.6 is 0 Å². The fourth-order valence-corrected chi connectivity index (χ4v) is 2.35. The van der Waals surface area contributed by atoms with E-state index in [-0.39, 0.29) is 18.2 Å². The highest BCUT2D eigenvalue weighted by atomic mass is 19.1. The van der Waals surface area contributed by atoms with Gasteiger partial charge in [-0.3, -0.25) is 9.59 Å². The fraction of sp³-hybridized carbons (Fsp3) is 0.400. The van der Waals surface area contributed by atoms with Gasteiger partial charge in [0.2, 0.25) is 5.91 Å². The van der Waals surface area contributed by atoms with Crippen LogP contribution in [0.25, 0.3) is 0 Å². The molecule has 1 heterocycles. The largest absolute Gasteiger partial charge is 0.340 e. The van der Waals surface area contributed by atoms with Crippen LogP contribution in [0.4, 0.5) is 4.39 Å². The van der Waals surface area contributed by atoms with E-state index in [1.807, 2.05) is 6.07 Å². The summed E-state index contributed by atoms with van der Waals surface area (Å²) >= 11 is 0. The van der Waals surface area contributed by atoms with Crippen LogP contribution in [-0.4, -0.2) is 47.8 Å². The average Bonchev–Trinajstić information content (AvgIpc) is 2.72. The molecule has 0 bridgehead atoms. The minimum Gasteiger partial charge on any atom is -0.340 e. The third-order valence-corrected chi connectivity index (χ3v) is 3.44. The van der Waals surface area contributed by atoms with E-state index in [1.165, 1.54) is 18.2 Å². The van der Waals surface area contributed by atoms with Gasteiger partial charge in [0.05, 0.1) is 6.07 Å². The number of nitriles is 1. The smallest absolute Gasteiger partial charge is 0.254 e. The summed E-state index contributed by atoms with van der Waals surface area (Å²) in [7, 11) is 0. The monoisotopic (exact) mass is 289 g/mol. The van der Waals surface area contributed by atoms with Crippen molar-refractivity contribution in [3.05, 3.63) is 35.6 Å². The Morgan fingerprint density at radius 2 is 1.90 bits per heavy atom. The first-order valence-corrected chi connectivity index (χ1v) is 6.81. The number of benzene rings is 1. The van der Waals surface area contributed by atoms with E-state index in [0.717, 1.165) is 0 Å². The van der Waals surface area contributed by atoms with Crippen molar-refractivity contribution in [2.75, 3.05) is 26.2 Å². The Balaban J connectivity index is 2.01. The number of hydrogen-bond acceptors (Lipinski definition) is 3. The van der Waals surface area contributed by atoms with Gasteiger partial charge >= 0.3 is 0 Å². The maximum atomic E-state index is 13.2. The van der Waals surface area contributed by atoms with E-state index in [0.29, 0.717) is 38.2 Å². The topological polar surface area (TPSA) is 64.4 Å². The molecule has 1 aromatic rings. The van der Waals surface area contributed by atoms with E-state index in [2.05, 4.69) is 0 Å². The molecule has 1 aromatic carbocycles. The van der Waals surface area contributed by atoms with Crippen molar-refractivity contribution in [1.29, 1.82) is 5.26 Å². The standard InChI is InChI=1S/C15H16FN3O2/c16-13-4-1-3-12(11-13)15(21)19-8-2-7-18(9-10-19)14(20)5-6-17/h1,3-4,11H,2,5,7-10H2. The predicted octanol–water partition coefficient (Wildman–Crippen LogP) is 1.41. The van der Waals surface area contributed by atoms with Gasteiger partial charge in [0.25, 0.3) is 5.91 Å². The summed E-state index contributed by atoms with van der Waals surface area (Å²) in [4.78, 5) is 27.2. The molecule has 0 aromatic heterocycles. The molecule has 0 N–H and O–H groups in total. The summed E-state index contributed by atoms with van der Waals surface area (Å²) in [5, 5.41) is 8.55. The molecule has 6 heteroatoms. The van der Waals surface area contributed by atoms with Gasteiger partial charge in [-0.05, 0) is 24.6 Å². The Bertz CT molecular complexity index is 583. The lowest BCUT2D eigenvalue weighted by Crippen LogP contribution is -2.37. The van der Waals surface area contributed by atoms with Gasteiger partial charge in [0, 0.05) is 31.7 Å². The lowest BCUT2D eigenvalue weighted by molar-refractivity contribution is -0.130. The predicted molar refractivity (Wildman–Crippen MR) is 73.7 cm³/mol. The normalized spacial score (nSPS) is 15.2. The van der Waals surface area contributed by atoms with Gasteiger partial charge in [-0.15, -0.1) is 0 Å². The quantitative estimate of drug-likeness (QED) is 0.827. The van der Waals surface area contributed by atoms with Crippen LogP contribution < -0.4 is 0 Å². The van der Waals surface area contributed by atoms with Crippen LogP contribution in [0, 0.1) is 17.1 Å².